The Morgan fingerprint density at radius 3 is 2.63 bits per heavy atom. The summed E-state index contributed by atoms with van der Waals surface area (Å²) in [6.07, 6.45) is 1.97. The van der Waals surface area contributed by atoms with Crippen LogP contribution in [0.5, 0.6) is 5.75 Å². The molecule has 138 valence electrons. The maximum atomic E-state index is 5.68. The molecule has 7 heteroatoms. The van der Waals surface area contributed by atoms with Gasteiger partial charge in [-0.15, -0.1) is 5.10 Å². The minimum atomic E-state index is 0.577. The fourth-order valence-electron chi connectivity index (χ4n) is 2.83. The summed E-state index contributed by atoms with van der Waals surface area (Å²) in [6.45, 7) is 1.26. The van der Waals surface area contributed by atoms with E-state index in [4.69, 9.17) is 9.72 Å². The maximum absolute atomic E-state index is 5.68. The summed E-state index contributed by atoms with van der Waals surface area (Å²) in [7, 11) is 4.07. The van der Waals surface area contributed by atoms with Crippen molar-refractivity contribution >= 4 is 27.1 Å². The van der Waals surface area contributed by atoms with E-state index in [2.05, 4.69) is 27.4 Å². The van der Waals surface area contributed by atoms with Crippen molar-refractivity contribution in [3.8, 4) is 17.0 Å². The van der Waals surface area contributed by atoms with Crippen LogP contribution in [0.2, 0.25) is 0 Å². The third kappa shape index (κ3) is 3.88. The van der Waals surface area contributed by atoms with Crippen LogP contribution in [-0.4, -0.2) is 41.8 Å². The van der Waals surface area contributed by atoms with E-state index in [-0.39, 0.29) is 0 Å². The molecular formula is C20H21N5OS. The number of nitrogens with one attached hydrogen (secondary N) is 1. The number of nitrogens with zero attached hydrogens (tertiary/aromatic N) is 4. The van der Waals surface area contributed by atoms with E-state index < -0.39 is 0 Å². The zero-order chi connectivity index (χ0) is 18.6. The van der Waals surface area contributed by atoms with Crippen LogP contribution in [0, 0.1) is 0 Å². The first-order valence-electron chi connectivity index (χ1n) is 8.75. The SMILES string of the molecule is CN(C)c1ccccc1-c1cn2nc(NCCOc3ccccc3)sc2n1. The molecule has 0 atom stereocenters. The van der Waals surface area contributed by atoms with E-state index in [0.717, 1.165) is 32.8 Å². The lowest BCUT2D eigenvalue weighted by molar-refractivity contribution is 0.333. The predicted octanol–water partition coefficient (Wildman–Crippen LogP) is 4.01. The van der Waals surface area contributed by atoms with Crippen LogP contribution in [-0.2, 0) is 0 Å². The maximum Gasteiger partial charge on any atom is 0.214 e. The molecule has 2 aromatic heterocycles. The van der Waals surface area contributed by atoms with E-state index in [0.29, 0.717) is 13.2 Å². The zero-order valence-corrected chi connectivity index (χ0v) is 16.1. The lowest BCUT2D eigenvalue weighted by atomic mass is 10.1. The highest BCUT2D eigenvalue weighted by Gasteiger charge is 2.13. The molecule has 0 radical (unpaired) electrons. The van der Waals surface area contributed by atoms with Crippen molar-refractivity contribution in [2.75, 3.05) is 37.5 Å². The van der Waals surface area contributed by atoms with Gasteiger partial charge in [0.25, 0.3) is 0 Å². The standard InChI is InChI=1S/C20H21N5OS/c1-24(2)18-11-7-6-10-16(18)17-14-25-20(22-17)27-19(23-25)21-12-13-26-15-8-4-3-5-9-15/h3-11,14H,12-13H2,1-2H3,(H,21,23). The molecule has 0 amide bonds. The molecule has 2 aromatic carbocycles. The highest BCUT2D eigenvalue weighted by atomic mass is 32.1. The third-order valence-corrected chi connectivity index (χ3v) is 4.98. The van der Waals surface area contributed by atoms with Crippen LogP contribution in [0.4, 0.5) is 10.8 Å². The van der Waals surface area contributed by atoms with E-state index in [1.807, 2.05) is 67.3 Å². The molecule has 27 heavy (non-hydrogen) atoms. The van der Waals surface area contributed by atoms with Gasteiger partial charge in [-0.25, -0.2) is 9.50 Å². The molecule has 2 heterocycles. The first kappa shape index (κ1) is 17.4. The van der Waals surface area contributed by atoms with Crippen molar-refractivity contribution in [3.63, 3.8) is 0 Å². The van der Waals surface area contributed by atoms with Crippen molar-refractivity contribution in [2.45, 2.75) is 0 Å². The summed E-state index contributed by atoms with van der Waals surface area (Å²) in [5.41, 5.74) is 3.17. The number of benzene rings is 2. The van der Waals surface area contributed by atoms with Gasteiger partial charge < -0.3 is 15.0 Å². The van der Waals surface area contributed by atoms with E-state index >= 15 is 0 Å². The third-order valence-electron chi connectivity index (χ3n) is 4.10. The summed E-state index contributed by atoms with van der Waals surface area (Å²) in [4.78, 5) is 7.70. The average molecular weight is 379 g/mol. The minimum absolute atomic E-state index is 0.577. The van der Waals surface area contributed by atoms with Gasteiger partial charge >= 0.3 is 0 Å². The van der Waals surface area contributed by atoms with Crippen molar-refractivity contribution in [3.05, 3.63) is 60.8 Å². The summed E-state index contributed by atoms with van der Waals surface area (Å²) in [5.74, 6) is 0.873. The van der Waals surface area contributed by atoms with Gasteiger partial charge in [-0.05, 0) is 18.2 Å². The molecule has 0 spiro atoms. The summed E-state index contributed by atoms with van der Waals surface area (Å²) in [5, 5.41) is 8.70. The Balaban J connectivity index is 1.42. The van der Waals surface area contributed by atoms with Crippen molar-refractivity contribution in [2.24, 2.45) is 0 Å². The number of hydrogen-bond donors (Lipinski definition) is 1. The molecular weight excluding hydrogens is 358 g/mol. The fourth-order valence-corrected chi connectivity index (χ4v) is 3.63. The van der Waals surface area contributed by atoms with Gasteiger partial charge in [0.2, 0.25) is 10.1 Å². The van der Waals surface area contributed by atoms with Crippen molar-refractivity contribution in [1.29, 1.82) is 0 Å². The molecule has 0 saturated carbocycles. The molecule has 0 aliphatic carbocycles. The van der Waals surface area contributed by atoms with E-state index in [9.17, 15) is 0 Å². The summed E-state index contributed by atoms with van der Waals surface area (Å²) >= 11 is 1.53. The van der Waals surface area contributed by atoms with Gasteiger partial charge in [0.15, 0.2) is 0 Å². The van der Waals surface area contributed by atoms with Crippen molar-refractivity contribution < 1.29 is 4.74 Å². The summed E-state index contributed by atoms with van der Waals surface area (Å²) in [6, 6.07) is 18.0. The molecule has 0 aliphatic heterocycles. The van der Waals surface area contributed by atoms with Gasteiger partial charge in [0.05, 0.1) is 18.4 Å². The van der Waals surface area contributed by atoms with Gasteiger partial charge in [-0.1, -0.05) is 47.7 Å². The molecule has 0 bridgehead atoms. The number of ether oxygens (including phenoxy) is 1. The van der Waals surface area contributed by atoms with Crippen LogP contribution >= 0.6 is 11.3 Å². The highest BCUT2D eigenvalue weighted by Crippen LogP contribution is 2.30. The van der Waals surface area contributed by atoms with Gasteiger partial charge in [-0.2, -0.15) is 0 Å². The van der Waals surface area contributed by atoms with Crippen LogP contribution in [0.3, 0.4) is 0 Å². The van der Waals surface area contributed by atoms with Crippen LogP contribution in [0.15, 0.2) is 60.8 Å². The second kappa shape index (κ2) is 7.67. The topological polar surface area (TPSA) is 54.7 Å². The van der Waals surface area contributed by atoms with Crippen LogP contribution in [0.25, 0.3) is 16.2 Å². The van der Waals surface area contributed by atoms with E-state index in [1.54, 1.807) is 0 Å². The molecule has 4 aromatic rings. The number of hydrogen-bond acceptors (Lipinski definition) is 6. The minimum Gasteiger partial charge on any atom is -0.492 e. The molecule has 0 fully saturated rings. The second-order valence-corrected chi connectivity index (χ2v) is 7.22. The first-order valence-corrected chi connectivity index (χ1v) is 9.57. The lowest BCUT2D eigenvalue weighted by Gasteiger charge is -2.15. The highest BCUT2D eigenvalue weighted by molar-refractivity contribution is 7.20. The Morgan fingerprint density at radius 2 is 1.85 bits per heavy atom. The van der Waals surface area contributed by atoms with Gasteiger partial charge in [-0.3, -0.25) is 0 Å². The summed E-state index contributed by atoms with van der Waals surface area (Å²) < 4.78 is 7.51. The molecule has 0 unspecified atom stereocenters. The Hall–Kier alpha value is -3.06. The Labute approximate surface area is 162 Å². The Kier molecular flexibility index (Phi) is 4.93. The fraction of sp³-hybridized carbons (Fsp3) is 0.200. The largest absolute Gasteiger partial charge is 0.492 e. The number of rotatable bonds is 7. The number of aromatic nitrogens is 3. The number of para-hydroxylation sites is 2. The predicted molar refractivity (Wildman–Crippen MR) is 111 cm³/mol. The molecule has 0 aliphatic rings. The average Bonchev–Trinajstić information content (AvgIpc) is 3.25. The zero-order valence-electron chi connectivity index (χ0n) is 15.3. The molecule has 6 nitrogen and oxygen atoms in total. The van der Waals surface area contributed by atoms with Crippen LogP contribution in [0.1, 0.15) is 0 Å². The second-order valence-electron chi connectivity index (χ2n) is 6.26. The number of fused-ring (bicyclic) bond motifs is 1. The smallest absolute Gasteiger partial charge is 0.214 e. The normalized spacial score (nSPS) is 10.9. The van der Waals surface area contributed by atoms with Crippen LogP contribution < -0.4 is 15.0 Å². The molecule has 1 N–H and O–H groups in total. The Bertz CT molecular complexity index is 994. The monoisotopic (exact) mass is 379 g/mol. The quantitative estimate of drug-likeness (QED) is 0.492. The molecule has 4 rings (SSSR count). The van der Waals surface area contributed by atoms with E-state index in [1.165, 1.54) is 11.3 Å². The lowest BCUT2D eigenvalue weighted by Crippen LogP contribution is -2.11. The van der Waals surface area contributed by atoms with Crippen molar-refractivity contribution in [1.82, 2.24) is 14.6 Å². The van der Waals surface area contributed by atoms with Gasteiger partial charge in [0, 0.05) is 25.3 Å². The number of imidazole rings is 1. The Morgan fingerprint density at radius 1 is 1.07 bits per heavy atom. The number of anilines is 2. The molecule has 0 saturated heterocycles. The van der Waals surface area contributed by atoms with Gasteiger partial charge in [0.1, 0.15) is 12.4 Å². The first-order chi connectivity index (χ1) is 13.2.